The molecule has 0 aliphatic rings. The number of rotatable bonds is 10. The van der Waals surface area contributed by atoms with Gasteiger partial charge in [0.2, 0.25) is 5.91 Å². The highest BCUT2D eigenvalue weighted by Crippen LogP contribution is 2.32. The normalized spacial score (nSPS) is 12.1. The highest BCUT2D eigenvalue weighted by molar-refractivity contribution is 8.00. The Balaban J connectivity index is 1.19. The van der Waals surface area contributed by atoms with Gasteiger partial charge in [0, 0.05) is 32.5 Å². The van der Waals surface area contributed by atoms with Crippen LogP contribution in [0.3, 0.4) is 0 Å². The first-order valence-corrected chi connectivity index (χ1v) is 16.2. The minimum absolute atomic E-state index is 0.0129. The van der Waals surface area contributed by atoms with Crippen LogP contribution < -0.4 is 15.4 Å². The standard InChI is InChI=1S/C39H33N3O4S/c1-3-46-36-20-12-7-15-28(36)25-33(41-37(43)27-13-5-4-6-14-27)38(44)40-29-21-23-30(24-22-29)47-26(2)39(45)42-34-18-10-8-16-31(34)32-17-9-11-19-35(32)42/h4-26H,3H2,1-2H3,(H,40,44)(H,41,43)/b33-25-. The minimum Gasteiger partial charge on any atom is -0.493 e. The van der Waals surface area contributed by atoms with Crippen LogP contribution in [0, 0.1) is 0 Å². The number of hydrogen-bond donors (Lipinski definition) is 2. The highest BCUT2D eigenvalue weighted by atomic mass is 32.2. The molecule has 2 N–H and O–H groups in total. The Kier molecular flexibility index (Phi) is 9.50. The van der Waals surface area contributed by atoms with E-state index in [1.54, 1.807) is 47.0 Å². The van der Waals surface area contributed by atoms with Crippen LogP contribution >= 0.6 is 11.8 Å². The fourth-order valence-electron chi connectivity index (χ4n) is 5.40. The van der Waals surface area contributed by atoms with Crippen LogP contribution in [0.2, 0.25) is 0 Å². The van der Waals surface area contributed by atoms with E-state index in [1.807, 2.05) is 105 Å². The van der Waals surface area contributed by atoms with E-state index >= 15 is 0 Å². The molecule has 1 aromatic heterocycles. The maximum absolute atomic E-state index is 13.8. The summed E-state index contributed by atoms with van der Waals surface area (Å²) in [6, 6.07) is 39.2. The van der Waals surface area contributed by atoms with Crippen LogP contribution in [0.1, 0.15) is 34.6 Å². The van der Waals surface area contributed by atoms with Crippen molar-refractivity contribution in [2.45, 2.75) is 24.0 Å². The van der Waals surface area contributed by atoms with Crippen molar-refractivity contribution in [3.8, 4) is 5.75 Å². The number of anilines is 1. The van der Waals surface area contributed by atoms with E-state index in [0.29, 0.717) is 29.2 Å². The number of fused-ring (bicyclic) bond motifs is 3. The molecule has 7 nitrogen and oxygen atoms in total. The fraction of sp³-hybridized carbons (Fsp3) is 0.103. The third-order valence-corrected chi connectivity index (χ3v) is 8.72. The molecule has 0 fully saturated rings. The van der Waals surface area contributed by atoms with Crippen molar-refractivity contribution in [1.82, 2.24) is 9.88 Å². The molecule has 0 spiro atoms. The molecule has 6 rings (SSSR count). The second-order valence-corrected chi connectivity index (χ2v) is 12.2. The van der Waals surface area contributed by atoms with Gasteiger partial charge in [-0.05, 0) is 74.5 Å². The molecule has 0 saturated heterocycles. The second-order valence-electron chi connectivity index (χ2n) is 10.8. The van der Waals surface area contributed by atoms with Crippen molar-refractivity contribution in [2.75, 3.05) is 11.9 Å². The molecule has 6 aromatic rings. The molecular weight excluding hydrogens is 607 g/mol. The van der Waals surface area contributed by atoms with E-state index in [9.17, 15) is 14.4 Å². The molecule has 5 aromatic carbocycles. The summed E-state index contributed by atoms with van der Waals surface area (Å²) in [7, 11) is 0. The summed E-state index contributed by atoms with van der Waals surface area (Å²) >= 11 is 1.45. The fourth-order valence-corrected chi connectivity index (χ4v) is 6.30. The van der Waals surface area contributed by atoms with Crippen molar-refractivity contribution < 1.29 is 19.1 Å². The summed E-state index contributed by atoms with van der Waals surface area (Å²) in [5.74, 6) is -0.313. The number of benzene rings is 5. The number of amides is 2. The topological polar surface area (TPSA) is 89.4 Å². The van der Waals surface area contributed by atoms with E-state index in [-0.39, 0.29) is 16.9 Å². The van der Waals surface area contributed by atoms with Gasteiger partial charge in [-0.1, -0.05) is 72.8 Å². The molecule has 0 aliphatic carbocycles. The number of nitrogens with one attached hydrogen (secondary N) is 2. The lowest BCUT2D eigenvalue weighted by Gasteiger charge is -2.14. The number of ether oxygens (including phenoxy) is 1. The van der Waals surface area contributed by atoms with Gasteiger partial charge in [0.05, 0.1) is 22.9 Å². The lowest BCUT2D eigenvalue weighted by molar-refractivity contribution is -0.113. The first-order chi connectivity index (χ1) is 22.9. The van der Waals surface area contributed by atoms with Crippen molar-refractivity contribution >= 4 is 63.1 Å². The Morgan fingerprint density at radius 2 is 1.36 bits per heavy atom. The molecule has 0 bridgehead atoms. The average Bonchev–Trinajstić information content (AvgIpc) is 3.44. The Labute approximate surface area is 277 Å². The van der Waals surface area contributed by atoms with E-state index in [4.69, 9.17) is 4.74 Å². The summed E-state index contributed by atoms with van der Waals surface area (Å²) in [6.07, 6.45) is 1.60. The number of nitrogens with zero attached hydrogens (tertiary/aromatic N) is 1. The summed E-state index contributed by atoms with van der Waals surface area (Å²) < 4.78 is 7.54. The van der Waals surface area contributed by atoms with Gasteiger partial charge in [0.25, 0.3) is 11.8 Å². The molecule has 8 heteroatoms. The first kappa shape index (κ1) is 31.4. The van der Waals surface area contributed by atoms with E-state index in [1.165, 1.54) is 11.8 Å². The monoisotopic (exact) mass is 639 g/mol. The second kappa shape index (κ2) is 14.2. The van der Waals surface area contributed by atoms with Crippen molar-refractivity contribution in [3.05, 3.63) is 144 Å². The lowest BCUT2D eigenvalue weighted by Crippen LogP contribution is -2.30. The predicted octanol–water partition coefficient (Wildman–Crippen LogP) is 8.42. The SMILES string of the molecule is CCOc1ccccc1/C=C(\NC(=O)c1ccccc1)C(=O)Nc1ccc(SC(C)C(=O)n2c3ccccc3c3ccccc32)cc1. The van der Waals surface area contributed by atoms with Gasteiger partial charge in [-0.25, -0.2) is 0 Å². The van der Waals surface area contributed by atoms with E-state index in [2.05, 4.69) is 10.6 Å². The largest absolute Gasteiger partial charge is 0.493 e. The maximum Gasteiger partial charge on any atom is 0.272 e. The molecule has 234 valence electrons. The third-order valence-electron chi connectivity index (χ3n) is 7.62. The number of thioether (sulfide) groups is 1. The molecule has 0 radical (unpaired) electrons. The van der Waals surface area contributed by atoms with Crippen LogP contribution in [0.4, 0.5) is 5.69 Å². The number of hydrogen-bond acceptors (Lipinski definition) is 5. The van der Waals surface area contributed by atoms with Gasteiger partial charge >= 0.3 is 0 Å². The average molecular weight is 640 g/mol. The number of para-hydroxylation sites is 3. The van der Waals surface area contributed by atoms with Gasteiger partial charge in [0.15, 0.2) is 0 Å². The predicted molar refractivity (Wildman–Crippen MR) is 190 cm³/mol. The lowest BCUT2D eigenvalue weighted by atomic mass is 10.1. The van der Waals surface area contributed by atoms with Gasteiger partial charge < -0.3 is 15.4 Å². The Morgan fingerprint density at radius 3 is 2.02 bits per heavy atom. The van der Waals surface area contributed by atoms with Crippen molar-refractivity contribution in [1.29, 1.82) is 0 Å². The van der Waals surface area contributed by atoms with Crippen LogP contribution in [-0.2, 0) is 4.79 Å². The van der Waals surface area contributed by atoms with Gasteiger partial charge in [-0.3, -0.25) is 19.0 Å². The Hall–Kier alpha value is -5.60. The number of aromatic nitrogens is 1. The molecule has 2 amide bonds. The number of carbonyl (C=O) groups is 3. The first-order valence-electron chi connectivity index (χ1n) is 15.3. The summed E-state index contributed by atoms with van der Waals surface area (Å²) in [6.45, 7) is 4.24. The third kappa shape index (κ3) is 6.98. The zero-order chi connectivity index (χ0) is 32.8. The van der Waals surface area contributed by atoms with Gasteiger partial charge in [0.1, 0.15) is 11.4 Å². The molecule has 47 heavy (non-hydrogen) atoms. The van der Waals surface area contributed by atoms with E-state index in [0.717, 1.165) is 26.7 Å². The van der Waals surface area contributed by atoms with Crippen LogP contribution in [0.25, 0.3) is 27.9 Å². The smallest absolute Gasteiger partial charge is 0.272 e. The van der Waals surface area contributed by atoms with Crippen LogP contribution in [0.5, 0.6) is 5.75 Å². The van der Waals surface area contributed by atoms with Crippen molar-refractivity contribution in [3.63, 3.8) is 0 Å². The summed E-state index contributed by atoms with van der Waals surface area (Å²) in [5, 5.41) is 7.38. The Morgan fingerprint density at radius 1 is 0.766 bits per heavy atom. The molecule has 1 atom stereocenters. The highest BCUT2D eigenvalue weighted by Gasteiger charge is 2.22. The molecule has 0 aliphatic heterocycles. The zero-order valence-corrected chi connectivity index (χ0v) is 26.8. The quantitative estimate of drug-likeness (QED) is 0.116. The molecule has 1 unspecified atom stereocenters. The van der Waals surface area contributed by atoms with Crippen molar-refractivity contribution in [2.24, 2.45) is 0 Å². The Bertz CT molecular complexity index is 2050. The number of carbonyl (C=O) groups excluding carboxylic acids is 3. The zero-order valence-electron chi connectivity index (χ0n) is 26.0. The summed E-state index contributed by atoms with van der Waals surface area (Å²) in [4.78, 5) is 41.3. The van der Waals surface area contributed by atoms with Crippen LogP contribution in [-0.4, -0.2) is 34.1 Å². The van der Waals surface area contributed by atoms with Gasteiger partial charge in [-0.15, -0.1) is 11.8 Å². The van der Waals surface area contributed by atoms with Crippen LogP contribution in [0.15, 0.2) is 138 Å². The summed E-state index contributed by atoms with van der Waals surface area (Å²) in [5.41, 5.74) is 3.46. The molecular formula is C39H33N3O4S. The van der Waals surface area contributed by atoms with E-state index < -0.39 is 11.8 Å². The molecule has 1 heterocycles. The molecule has 0 saturated carbocycles. The van der Waals surface area contributed by atoms with Gasteiger partial charge in [-0.2, -0.15) is 0 Å². The maximum atomic E-state index is 13.8. The minimum atomic E-state index is -0.490.